The van der Waals surface area contributed by atoms with E-state index in [0.29, 0.717) is 19.5 Å². The summed E-state index contributed by atoms with van der Waals surface area (Å²) in [5, 5.41) is 12.6. The Morgan fingerprint density at radius 2 is 1.83 bits per heavy atom. The molecule has 1 aromatic heterocycles. The van der Waals surface area contributed by atoms with Gasteiger partial charge in [-0.05, 0) is 42.2 Å². The van der Waals surface area contributed by atoms with E-state index >= 15 is 0 Å². The van der Waals surface area contributed by atoms with Crippen LogP contribution in [-0.2, 0) is 19.1 Å². The van der Waals surface area contributed by atoms with Crippen molar-refractivity contribution in [1.82, 2.24) is 10.3 Å². The summed E-state index contributed by atoms with van der Waals surface area (Å²) in [6.07, 6.45) is -1.95. The molecule has 0 amide bonds. The summed E-state index contributed by atoms with van der Waals surface area (Å²) >= 11 is 0. The number of rotatable bonds is 7. The summed E-state index contributed by atoms with van der Waals surface area (Å²) in [4.78, 5) is 4.22. The highest BCUT2D eigenvalue weighted by Gasteiger charge is 2.29. The molecule has 1 atom stereocenters. The minimum Gasteiger partial charge on any atom is -0.396 e. The van der Waals surface area contributed by atoms with E-state index in [-0.39, 0.29) is 12.5 Å². The van der Waals surface area contributed by atoms with Crippen molar-refractivity contribution in [3.63, 3.8) is 0 Å². The van der Waals surface area contributed by atoms with E-state index in [0.717, 1.165) is 23.4 Å². The fourth-order valence-corrected chi connectivity index (χ4v) is 2.25. The molecule has 0 fully saturated rings. The average molecular weight is 324 g/mol. The van der Waals surface area contributed by atoms with Crippen molar-refractivity contribution in [2.75, 3.05) is 13.2 Å². The molecule has 0 aliphatic rings. The lowest BCUT2D eigenvalue weighted by Gasteiger charge is -2.15. The van der Waals surface area contributed by atoms with E-state index in [9.17, 15) is 18.3 Å². The number of nitrogens with zero attached hydrogens (tertiary/aromatic N) is 1. The van der Waals surface area contributed by atoms with Crippen LogP contribution >= 0.6 is 0 Å². The predicted molar refractivity (Wildman–Crippen MR) is 81.7 cm³/mol. The minimum absolute atomic E-state index is 0.0133. The van der Waals surface area contributed by atoms with Crippen LogP contribution in [-0.4, -0.2) is 23.2 Å². The molecule has 0 spiro atoms. The first-order valence-corrected chi connectivity index (χ1v) is 7.36. The van der Waals surface area contributed by atoms with Crippen LogP contribution in [0.3, 0.4) is 0 Å². The highest BCUT2D eigenvalue weighted by molar-refractivity contribution is 5.24. The molecule has 0 saturated heterocycles. The van der Waals surface area contributed by atoms with Gasteiger partial charge in [-0.15, -0.1) is 0 Å². The van der Waals surface area contributed by atoms with Gasteiger partial charge in [0.15, 0.2) is 0 Å². The molecule has 124 valence electrons. The SMILES string of the molecule is OCC(CNCc1ccc(C(F)(F)F)cc1)Cc1ccccn1. The van der Waals surface area contributed by atoms with Gasteiger partial charge in [0.1, 0.15) is 0 Å². The number of aliphatic hydroxyl groups excluding tert-OH is 1. The Morgan fingerprint density at radius 3 is 2.39 bits per heavy atom. The van der Waals surface area contributed by atoms with Crippen LogP contribution in [0.25, 0.3) is 0 Å². The van der Waals surface area contributed by atoms with Crippen molar-refractivity contribution < 1.29 is 18.3 Å². The number of hydrogen-bond donors (Lipinski definition) is 2. The molecule has 0 bridgehead atoms. The third kappa shape index (κ3) is 5.65. The zero-order chi connectivity index (χ0) is 16.7. The third-order valence-corrected chi connectivity index (χ3v) is 3.53. The van der Waals surface area contributed by atoms with Crippen LogP contribution in [0.15, 0.2) is 48.7 Å². The van der Waals surface area contributed by atoms with Crippen LogP contribution in [0, 0.1) is 5.92 Å². The molecular weight excluding hydrogens is 305 g/mol. The summed E-state index contributed by atoms with van der Waals surface area (Å²) < 4.78 is 37.4. The summed E-state index contributed by atoms with van der Waals surface area (Å²) in [6, 6.07) is 10.7. The molecule has 1 unspecified atom stereocenters. The Morgan fingerprint density at radius 1 is 1.09 bits per heavy atom. The van der Waals surface area contributed by atoms with Crippen molar-refractivity contribution in [2.45, 2.75) is 19.1 Å². The van der Waals surface area contributed by atoms with E-state index < -0.39 is 11.7 Å². The molecule has 2 rings (SSSR count). The topological polar surface area (TPSA) is 45.1 Å². The highest BCUT2D eigenvalue weighted by Crippen LogP contribution is 2.29. The van der Waals surface area contributed by atoms with Gasteiger partial charge in [0.05, 0.1) is 5.56 Å². The Kier molecular flexibility index (Phi) is 6.12. The third-order valence-electron chi connectivity index (χ3n) is 3.53. The standard InChI is InChI=1S/C17H19F3N2O/c18-17(19,20)15-6-4-13(5-7-15)10-21-11-14(12-23)9-16-3-1-2-8-22-16/h1-8,14,21,23H,9-12H2. The molecule has 0 radical (unpaired) electrons. The number of nitrogens with one attached hydrogen (secondary N) is 1. The normalized spacial score (nSPS) is 13.0. The number of alkyl halides is 3. The number of aliphatic hydroxyl groups is 1. The van der Waals surface area contributed by atoms with E-state index in [1.165, 1.54) is 12.1 Å². The first kappa shape index (κ1) is 17.4. The van der Waals surface area contributed by atoms with Crippen LogP contribution in [0.1, 0.15) is 16.8 Å². The zero-order valence-electron chi connectivity index (χ0n) is 12.6. The number of benzene rings is 1. The molecule has 0 aliphatic heterocycles. The van der Waals surface area contributed by atoms with Gasteiger partial charge in [-0.1, -0.05) is 18.2 Å². The summed E-state index contributed by atoms with van der Waals surface area (Å²) in [6.45, 7) is 1.04. The number of halogens is 3. The second kappa shape index (κ2) is 8.08. The number of aromatic nitrogens is 1. The van der Waals surface area contributed by atoms with Gasteiger partial charge in [-0.25, -0.2) is 0 Å². The Hall–Kier alpha value is -1.92. The fourth-order valence-electron chi connectivity index (χ4n) is 2.25. The van der Waals surface area contributed by atoms with E-state index in [1.54, 1.807) is 6.20 Å². The second-order valence-electron chi connectivity index (χ2n) is 5.40. The Bertz CT molecular complexity index is 585. The highest BCUT2D eigenvalue weighted by atomic mass is 19.4. The molecule has 6 heteroatoms. The maximum Gasteiger partial charge on any atom is 0.416 e. The molecule has 1 heterocycles. The fraction of sp³-hybridized carbons (Fsp3) is 0.353. The van der Waals surface area contributed by atoms with Gasteiger partial charge in [0, 0.05) is 31.6 Å². The molecule has 0 aliphatic carbocycles. The van der Waals surface area contributed by atoms with Crippen LogP contribution < -0.4 is 5.32 Å². The molecule has 0 saturated carbocycles. The van der Waals surface area contributed by atoms with Crippen molar-refractivity contribution in [3.8, 4) is 0 Å². The van der Waals surface area contributed by atoms with Crippen molar-refractivity contribution in [2.24, 2.45) is 5.92 Å². The lowest BCUT2D eigenvalue weighted by atomic mass is 10.0. The molecule has 2 N–H and O–H groups in total. The van der Waals surface area contributed by atoms with E-state index in [4.69, 9.17) is 0 Å². The minimum atomic E-state index is -4.31. The number of hydrogen-bond acceptors (Lipinski definition) is 3. The monoisotopic (exact) mass is 324 g/mol. The van der Waals surface area contributed by atoms with Gasteiger partial charge in [-0.2, -0.15) is 13.2 Å². The lowest BCUT2D eigenvalue weighted by molar-refractivity contribution is -0.137. The summed E-state index contributed by atoms with van der Waals surface area (Å²) in [7, 11) is 0. The van der Waals surface area contributed by atoms with Crippen LogP contribution in [0.5, 0.6) is 0 Å². The van der Waals surface area contributed by atoms with E-state index in [2.05, 4.69) is 10.3 Å². The van der Waals surface area contributed by atoms with Gasteiger partial charge in [0.25, 0.3) is 0 Å². The summed E-state index contributed by atoms with van der Waals surface area (Å²) in [5.74, 6) is 0.0133. The smallest absolute Gasteiger partial charge is 0.396 e. The quantitative estimate of drug-likeness (QED) is 0.823. The lowest BCUT2D eigenvalue weighted by Crippen LogP contribution is -2.26. The molecule has 1 aromatic carbocycles. The largest absolute Gasteiger partial charge is 0.416 e. The molecule has 3 nitrogen and oxygen atoms in total. The molecule has 23 heavy (non-hydrogen) atoms. The zero-order valence-corrected chi connectivity index (χ0v) is 12.6. The van der Waals surface area contributed by atoms with Gasteiger partial charge >= 0.3 is 6.18 Å². The van der Waals surface area contributed by atoms with Gasteiger partial charge in [-0.3, -0.25) is 4.98 Å². The van der Waals surface area contributed by atoms with E-state index in [1.807, 2.05) is 18.2 Å². The second-order valence-corrected chi connectivity index (χ2v) is 5.40. The van der Waals surface area contributed by atoms with Gasteiger partial charge in [0.2, 0.25) is 0 Å². The Labute approximate surface area is 133 Å². The van der Waals surface area contributed by atoms with Crippen molar-refractivity contribution >= 4 is 0 Å². The summed E-state index contributed by atoms with van der Waals surface area (Å²) in [5.41, 5.74) is 1.03. The van der Waals surface area contributed by atoms with Crippen molar-refractivity contribution in [1.29, 1.82) is 0 Å². The number of pyridine rings is 1. The first-order valence-electron chi connectivity index (χ1n) is 7.36. The molecular formula is C17H19F3N2O. The first-order chi connectivity index (χ1) is 11.0. The van der Waals surface area contributed by atoms with Crippen LogP contribution in [0.4, 0.5) is 13.2 Å². The van der Waals surface area contributed by atoms with Crippen molar-refractivity contribution in [3.05, 3.63) is 65.5 Å². The maximum atomic E-state index is 12.5. The predicted octanol–water partition coefficient (Wildman–Crippen LogP) is 3.04. The maximum absolute atomic E-state index is 12.5. The van der Waals surface area contributed by atoms with Gasteiger partial charge < -0.3 is 10.4 Å². The molecule has 2 aromatic rings. The average Bonchev–Trinajstić information content (AvgIpc) is 2.54. The Balaban J connectivity index is 1.81. The van der Waals surface area contributed by atoms with Crippen LogP contribution in [0.2, 0.25) is 0 Å².